The minimum Gasteiger partial charge on any atom is -0.310 e. The largest absolute Gasteiger partial charge is 0.310 e. The first-order valence-corrected chi connectivity index (χ1v) is 6.60. The number of aromatic amines is 1. The Morgan fingerprint density at radius 3 is 2.47 bits per heavy atom. The van der Waals surface area contributed by atoms with Gasteiger partial charge in [-0.2, -0.15) is 5.10 Å². The highest BCUT2D eigenvalue weighted by Crippen LogP contribution is 2.19. The second-order valence-corrected chi connectivity index (χ2v) is 5.41. The van der Waals surface area contributed by atoms with Crippen LogP contribution in [0, 0.1) is 18.6 Å². The van der Waals surface area contributed by atoms with Gasteiger partial charge in [0.05, 0.1) is 5.56 Å². The molecule has 2 aromatic heterocycles. The Morgan fingerprint density at radius 2 is 2.00 bits per heavy atom. The Kier molecular flexibility index (Phi) is 3.45. The van der Waals surface area contributed by atoms with Gasteiger partial charge in [-0.1, -0.05) is 0 Å². The number of pyridine rings is 1. The maximum atomic E-state index is 12.7. The normalized spacial score (nSPS) is 11.3. The van der Waals surface area contributed by atoms with Gasteiger partial charge in [0, 0.05) is 18.8 Å². The van der Waals surface area contributed by atoms with Gasteiger partial charge in [-0.25, -0.2) is 0 Å². The van der Waals surface area contributed by atoms with Gasteiger partial charge in [-0.3, -0.25) is 9.89 Å². The molecular formula is C13H18N4OS. The van der Waals surface area contributed by atoms with Crippen molar-refractivity contribution in [3.05, 3.63) is 32.4 Å². The molecule has 0 radical (unpaired) electrons. The van der Waals surface area contributed by atoms with Crippen molar-refractivity contribution >= 4 is 12.2 Å². The molecule has 0 aliphatic heterocycles. The van der Waals surface area contributed by atoms with E-state index in [0.29, 0.717) is 16.2 Å². The fourth-order valence-corrected chi connectivity index (χ4v) is 2.52. The van der Waals surface area contributed by atoms with Crippen molar-refractivity contribution in [1.82, 2.24) is 19.3 Å². The average Bonchev–Trinajstić information content (AvgIpc) is 2.60. The molecule has 5 nitrogen and oxygen atoms in total. The van der Waals surface area contributed by atoms with E-state index in [4.69, 9.17) is 12.2 Å². The summed E-state index contributed by atoms with van der Waals surface area (Å²) in [7, 11) is 1.81. The molecule has 0 amide bonds. The van der Waals surface area contributed by atoms with Gasteiger partial charge in [0.1, 0.15) is 0 Å². The predicted molar refractivity (Wildman–Crippen MR) is 77.9 cm³/mol. The molecule has 0 aliphatic carbocycles. The highest BCUT2D eigenvalue weighted by Gasteiger charge is 2.17. The van der Waals surface area contributed by atoms with E-state index in [9.17, 15) is 4.79 Å². The summed E-state index contributed by atoms with van der Waals surface area (Å²) in [5.74, 6) is 0.585. The SMILES string of the molecule is Cc1cc(C)n(C(C)C)c(=O)c1-c1n[nH]c(=S)n1C. The maximum absolute atomic E-state index is 12.7. The summed E-state index contributed by atoms with van der Waals surface area (Å²) in [4.78, 5) is 12.7. The van der Waals surface area contributed by atoms with Gasteiger partial charge >= 0.3 is 0 Å². The summed E-state index contributed by atoms with van der Waals surface area (Å²) in [6.07, 6.45) is 0. The number of aryl methyl sites for hydroxylation is 2. The predicted octanol–water partition coefficient (Wildman–Crippen LogP) is 2.50. The molecule has 0 saturated heterocycles. The van der Waals surface area contributed by atoms with Crippen LogP contribution in [0.4, 0.5) is 0 Å². The van der Waals surface area contributed by atoms with Gasteiger partial charge in [0.2, 0.25) is 0 Å². The van der Waals surface area contributed by atoms with E-state index in [1.165, 1.54) is 0 Å². The molecule has 2 rings (SSSR count). The molecule has 0 atom stereocenters. The van der Waals surface area contributed by atoms with Crippen molar-refractivity contribution in [3.63, 3.8) is 0 Å². The number of hydrogen-bond donors (Lipinski definition) is 1. The van der Waals surface area contributed by atoms with Crippen molar-refractivity contribution in [3.8, 4) is 11.4 Å². The van der Waals surface area contributed by atoms with E-state index in [1.54, 1.807) is 16.2 Å². The number of H-pyrrole nitrogens is 1. The van der Waals surface area contributed by atoms with Crippen LogP contribution in [-0.2, 0) is 7.05 Å². The van der Waals surface area contributed by atoms with E-state index in [2.05, 4.69) is 10.2 Å². The molecule has 0 fully saturated rings. The number of nitrogens with zero attached hydrogens (tertiary/aromatic N) is 3. The maximum Gasteiger partial charge on any atom is 0.262 e. The zero-order valence-electron chi connectivity index (χ0n) is 11.8. The molecule has 0 aromatic carbocycles. The molecule has 1 N–H and O–H groups in total. The zero-order valence-corrected chi connectivity index (χ0v) is 12.6. The monoisotopic (exact) mass is 278 g/mol. The Hall–Kier alpha value is -1.69. The van der Waals surface area contributed by atoms with Crippen molar-refractivity contribution < 1.29 is 0 Å². The van der Waals surface area contributed by atoms with Gasteiger partial charge in [-0.05, 0) is 51.5 Å². The smallest absolute Gasteiger partial charge is 0.262 e. The van der Waals surface area contributed by atoms with E-state index in [0.717, 1.165) is 11.3 Å². The minimum absolute atomic E-state index is 0.0235. The van der Waals surface area contributed by atoms with Gasteiger partial charge < -0.3 is 9.13 Å². The Morgan fingerprint density at radius 1 is 1.37 bits per heavy atom. The van der Waals surface area contributed by atoms with Crippen LogP contribution in [0.25, 0.3) is 11.4 Å². The van der Waals surface area contributed by atoms with Gasteiger partial charge in [0.15, 0.2) is 10.6 Å². The molecule has 0 aliphatic rings. The van der Waals surface area contributed by atoms with E-state index >= 15 is 0 Å². The third kappa shape index (κ3) is 2.16. The van der Waals surface area contributed by atoms with Crippen LogP contribution in [0.5, 0.6) is 0 Å². The summed E-state index contributed by atoms with van der Waals surface area (Å²) < 4.78 is 4.00. The second kappa shape index (κ2) is 4.77. The van der Waals surface area contributed by atoms with Crippen LogP contribution in [0.2, 0.25) is 0 Å². The zero-order chi connectivity index (χ0) is 14.3. The molecule has 0 bridgehead atoms. The highest BCUT2D eigenvalue weighted by molar-refractivity contribution is 7.71. The average molecular weight is 278 g/mol. The summed E-state index contributed by atoms with van der Waals surface area (Å²) >= 11 is 5.11. The summed E-state index contributed by atoms with van der Waals surface area (Å²) in [6.45, 7) is 7.86. The van der Waals surface area contributed by atoms with Crippen molar-refractivity contribution in [1.29, 1.82) is 0 Å². The molecule has 0 unspecified atom stereocenters. The summed E-state index contributed by atoms with van der Waals surface area (Å²) in [5.41, 5.74) is 2.45. The molecule has 19 heavy (non-hydrogen) atoms. The molecule has 102 valence electrons. The minimum atomic E-state index is -0.0235. The molecule has 6 heteroatoms. The van der Waals surface area contributed by atoms with Crippen LogP contribution >= 0.6 is 12.2 Å². The lowest BCUT2D eigenvalue weighted by atomic mass is 10.1. The first-order valence-electron chi connectivity index (χ1n) is 6.19. The Balaban J connectivity index is 2.85. The fourth-order valence-electron chi connectivity index (χ4n) is 2.39. The summed E-state index contributed by atoms with van der Waals surface area (Å²) in [5, 5.41) is 6.89. The summed E-state index contributed by atoms with van der Waals surface area (Å²) in [6, 6.07) is 2.12. The number of aromatic nitrogens is 4. The lowest BCUT2D eigenvalue weighted by Gasteiger charge is -2.17. The quantitative estimate of drug-likeness (QED) is 0.859. The molecular weight excluding hydrogens is 260 g/mol. The van der Waals surface area contributed by atoms with Crippen LogP contribution in [0.1, 0.15) is 31.1 Å². The Labute approximate surface area is 116 Å². The third-order valence-corrected chi connectivity index (χ3v) is 3.62. The highest BCUT2D eigenvalue weighted by atomic mass is 32.1. The van der Waals surface area contributed by atoms with Gasteiger partial charge in [0.25, 0.3) is 5.56 Å². The molecule has 2 heterocycles. The van der Waals surface area contributed by atoms with E-state index in [-0.39, 0.29) is 11.6 Å². The standard InChI is InChI=1S/C13H18N4OS/c1-7(2)17-9(4)6-8(3)10(12(17)18)11-14-15-13(19)16(11)5/h6-7H,1-5H3,(H,15,19). The first-order chi connectivity index (χ1) is 8.84. The number of nitrogens with one attached hydrogen (secondary N) is 1. The van der Waals surface area contributed by atoms with Crippen LogP contribution in [0.3, 0.4) is 0 Å². The lowest BCUT2D eigenvalue weighted by molar-refractivity contribution is 0.562. The van der Waals surface area contributed by atoms with Gasteiger partial charge in [-0.15, -0.1) is 0 Å². The van der Waals surface area contributed by atoms with Crippen LogP contribution in [0.15, 0.2) is 10.9 Å². The molecule has 0 spiro atoms. The second-order valence-electron chi connectivity index (χ2n) is 5.02. The van der Waals surface area contributed by atoms with Crippen molar-refractivity contribution in [2.75, 3.05) is 0 Å². The fraction of sp³-hybridized carbons (Fsp3) is 0.462. The number of hydrogen-bond acceptors (Lipinski definition) is 3. The Bertz CT molecular complexity index is 736. The first kappa shape index (κ1) is 13.7. The lowest BCUT2D eigenvalue weighted by Crippen LogP contribution is -2.27. The van der Waals surface area contributed by atoms with Crippen molar-refractivity contribution in [2.45, 2.75) is 33.7 Å². The van der Waals surface area contributed by atoms with E-state index < -0.39 is 0 Å². The van der Waals surface area contributed by atoms with Crippen LogP contribution in [-0.4, -0.2) is 19.3 Å². The topological polar surface area (TPSA) is 55.6 Å². The molecule has 0 saturated carbocycles. The number of rotatable bonds is 2. The van der Waals surface area contributed by atoms with E-state index in [1.807, 2.05) is 33.8 Å². The van der Waals surface area contributed by atoms with Crippen LogP contribution < -0.4 is 5.56 Å². The molecule has 2 aromatic rings. The van der Waals surface area contributed by atoms with Crippen molar-refractivity contribution in [2.24, 2.45) is 7.05 Å². The third-order valence-electron chi connectivity index (χ3n) is 3.25.